The quantitative estimate of drug-likeness (QED) is 0.136. The van der Waals surface area contributed by atoms with Crippen LogP contribution in [0.15, 0.2) is 18.2 Å². The lowest BCUT2D eigenvalue weighted by atomic mass is 9.85. The van der Waals surface area contributed by atoms with Crippen LogP contribution in [-0.4, -0.2) is 110 Å². The molecule has 0 spiro atoms. The van der Waals surface area contributed by atoms with Gasteiger partial charge in [0.1, 0.15) is 30.2 Å². The van der Waals surface area contributed by atoms with Gasteiger partial charge in [0.25, 0.3) is 0 Å². The molecule has 0 unspecified atom stereocenters. The summed E-state index contributed by atoms with van der Waals surface area (Å²) in [5.41, 5.74) is 2.69. The van der Waals surface area contributed by atoms with E-state index in [2.05, 4.69) is 10.2 Å². The van der Waals surface area contributed by atoms with Gasteiger partial charge in [0, 0.05) is 23.1 Å². The maximum atomic E-state index is 10.4. The first kappa shape index (κ1) is 32.2. The average molecular weight is 569 g/mol. The zero-order valence-corrected chi connectivity index (χ0v) is 23.4. The van der Waals surface area contributed by atoms with Crippen LogP contribution in [0.1, 0.15) is 61.4 Å². The van der Waals surface area contributed by atoms with E-state index in [0.29, 0.717) is 38.0 Å². The highest BCUT2D eigenvalue weighted by Gasteiger charge is 2.45. The molecule has 0 bridgehead atoms. The fraction of sp³-hybridized carbons (Fsp3) is 0.679. The lowest BCUT2D eigenvalue weighted by molar-refractivity contribution is -0.278. The van der Waals surface area contributed by atoms with Gasteiger partial charge in [-0.1, -0.05) is 19.9 Å². The predicted molar refractivity (Wildman–Crippen MR) is 144 cm³/mol. The second kappa shape index (κ2) is 14.6. The predicted octanol–water partition coefficient (Wildman–Crippen LogP) is 0.123. The molecule has 1 aromatic heterocycles. The Kier molecular flexibility index (Phi) is 11.7. The summed E-state index contributed by atoms with van der Waals surface area (Å²) in [5, 5.41) is 75.7. The third-order valence-corrected chi connectivity index (χ3v) is 7.57. The van der Waals surface area contributed by atoms with Gasteiger partial charge in [0.15, 0.2) is 0 Å². The topological polar surface area (TPSA) is 198 Å². The summed E-state index contributed by atoms with van der Waals surface area (Å²) in [4.78, 5) is 0. The molecule has 0 aliphatic carbocycles. The van der Waals surface area contributed by atoms with Gasteiger partial charge < -0.3 is 50.0 Å². The highest BCUT2D eigenvalue weighted by Crippen LogP contribution is 2.32. The molecular weight excluding hydrogens is 524 g/mol. The van der Waals surface area contributed by atoms with E-state index in [1.54, 1.807) is 0 Å². The Bertz CT molecular complexity index is 1050. The number of nitrogens with zero attached hydrogens (tertiary/aromatic N) is 1. The van der Waals surface area contributed by atoms with Gasteiger partial charge in [-0.05, 0) is 55.4 Å². The second-order valence-electron chi connectivity index (χ2n) is 10.9. The van der Waals surface area contributed by atoms with Crippen LogP contribution < -0.4 is 9.47 Å². The van der Waals surface area contributed by atoms with Crippen LogP contribution in [0.5, 0.6) is 11.6 Å². The first-order valence-corrected chi connectivity index (χ1v) is 13.7. The van der Waals surface area contributed by atoms with Gasteiger partial charge in [0.05, 0.1) is 33.0 Å². The number of aliphatic hydroxyl groups excluding tert-OH is 7. The SMILES string of the molecule is Cc1cc(OCCCCC(CO)(CO)CO)ccc1Cc1c(O[C@@H]2O[C@H](CO)[C@@H](O)[C@H](O)[C@H]2O)n[nH]c1C(C)C. The summed E-state index contributed by atoms with van der Waals surface area (Å²) >= 11 is 0. The fourth-order valence-corrected chi connectivity index (χ4v) is 4.71. The molecule has 226 valence electrons. The van der Waals surface area contributed by atoms with Crippen LogP contribution >= 0.6 is 0 Å². The van der Waals surface area contributed by atoms with Gasteiger partial charge in [-0.15, -0.1) is 5.10 Å². The number of unbranched alkanes of at least 4 members (excludes halogenated alkanes) is 1. The number of aryl methyl sites for hydroxylation is 1. The van der Waals surface area contributed by atoms with Crippen molar-refractivity contribution in [3.05, 3.63) is 40.6 Å². The Morgan fingerprint density at radius 2 is 1.70 bits per heavy atom. The minimum Gasteiger partial charge on any atom is -0.494 e. The summed E-state index contributed by atoms with van der Waals surface area (Å²) in [6.45, 7) is 5.05. The van der Waals surface area contributed by atoms with Crippen LogP contribution in [0.25, 0.3) is 0 Å². The maximum Gasteiger partial charge on any atom is 0.238 e. The summed E-state index contributed by atoms with van der Waals surface area (Å²) in [6.07, 6.45) is -4.68. The normalized spacial score (nSPS) is 23.5. The van der Waals surface area contributed by atoms with Crippen molar-refractivity contribution >= 4 is 0 Å². The third-order valence-electron chi connectivity index (χ3n) is 7.57. The molecule has 2 aromatic rings. The van der Waals surface area contributed by atoms with E-state index in [-0.39, 0.29) is 31.6 Å². The largest absolute Gasteiger partial charge is 0.494 e. The molecular formula is C28H44N2O10. The molecule has 40 heavy (non-hydrogen) atoms. The Balaban J connectivity index is 1.67. The van der Waals surface area contributed by atoms with Gasteiger partial charge in [-0.2, -0.15) is 0 Å². The molecule has 12 heteroatoms. The van der Waals surface area contributed by atoms with Crippen molar-refractivity contribution in [2.75, 3.05) is 33.0 Å². The van der Waals surface area contributed by atoms with Crippen molar-refractivity contribution in [3.63, 3.8) is 0 Å². The number of H-pyrrole nitrogens is 1. The standard InChI is InChI=1S/C28H44N2O10/c1-16(2)22-20(26(30-29-22)40-27-25(37)24(36)23(35)21(12-31)39-27)11-18-6-7-19(10-17(18)3)38-9-5-4-8-28(13-32,14-33)15-34/h6-7,10,16,21,23-25,27,31-37H,4-5,8-9,11-15H2,1-3H3,(H,29,30)/t21-,23-,24+,25-,27+/m1/s1. The molecule has 2 heterocycles. The van der Waals surface area contributed by atoms with Crippen molar-refractivity contribution in [2.45, 2.75) is 83.1 Å². The first-order chi connectivity index (χ1) is 19.1. The van der Waals surface area contributed by atoms with Crippen LogP contribution in [0.4, 0.5) is 0 Å². The summed E-state index contributed by atoms with van der Waals surface area (Å²) in [5.74, 6) is 0.976. The highest BCUT2D eigenvalue weighted by molar-refractivity contribution is 5.42. The lowest BCUT2D eigenvalue weighted by Crippen LogP contribution is -2.60. The molecule has 1 saturated heterocycles. The van der Waals surface area contributed by atoms with E-state index >= 15 is 0 Å². The van der Waals surface area contributed by atoms with Crippen LogP contribution in [0, 0.1) is 12.3 Å². The molecule has 3 rings (SSSR count). The zero-order valence-electron chi connectivity index (χ0n) is 23.4. The van der Waals surface area contributed by atoms with Gasteiger partial charge in [-0.25, -0.2) is 0 Å². The van der Waals surface area contributed by atoms with Gasteiger partial charge in [-0.3, -0.25) is 5.10 Å². The fourth-order valence-electron chi connectivity index (χ4n) is 4.71. The van der Waals surface area contributed by atoms with E-state index in [1.807, 2.05) is 39.0 Å². The summed E-state index contributed by atoms with van der Waals surface area (Å²) < 4.78 is 17.3. The van der Waals surface area contributed by atoms with E-state index < -0.39 is 42.7 Å². The Labute approximate surface area is 234 Å². The lowest BCUT2D eigenvalue weighted by Gasteiger charge is -2.39. The Hall–Kier alpha value is -2.29. The third kappa shape index (κ3) is 7.51. The van der Waals surface area contributed by atoms with Gasteiger partial charge in [0.2, 0.25) is 12.2 Å². The monoisotopic (exact) mass is 568 g/mol. The number of hydrogen-bond donors (Lipinski definition) is 8. The van der Waals surface area contributed by atoms with Crippen LogP contribution in [0.3, 0.4) is 0 Å². The number of benzene rings is 1. The summed E-state index contributed by atoms with van der Waals surface area (Å²) in [7, 11) is 0. The number of hydrogen-bond acceptors (Lipinski definition) is 11. The molecule has 5 atom stereocenters. The summed E-state index contributed by atoms with van der Waals surface area (Å²) in [6, 6.07) is 5.75. The average Bonchev–Trinajstić information content (AvgIpc) is 3.35. The van der Waals surface area contributed by atoms with Crippen molar-refractivity contribution in [2.24, 2.45) is 5.41 Å². The van der Waals surface area contributed by atoms with Crippen molar-refractivity contribution in [1.29, 1.82) is 0 Å². The molecule has 0 amide bonds. The van der Waals surface area contributed by atoms with Crippen molar-refractivity contribution in [3.8, 4) is 11.6 Å². The highest BCUT2D eigenvalue weighted by atomic mass is 16.7. The van der Waals surface area contributed by atoms with Crippen molar-refractivity contribution < 1.29 is 50.0 Å². The first-order valence-electron chi connectivity index (χ1n) is 13.7. The van der Waals surface area contributed by atoms with Gasteiger partial charge >= 0.3 is 0 Å². The maximum absolute atomic E-state index is 10.4. The van der Waals surface area contributed by atoms with E-state index in [9.17, 15) is 35.7 Å². The van der Waals surface area contributed by atoms with Crippen molar-refractivity contribution in [1.82, 2.24) is 10.2 Å². The molecule has 0 radical (unpaired) electrons. The number of nitrogens with one attached hydrogen (secondary N) is 1. The second-order valence-corrected chi connectivity index (χ2v) is 10.9. The minimum absolute atomic E-state index is 0.0822. The number of aliphatic hydroxyl groups is 7. The zero-order chi connectivity index (χ0) is 29.4. The molecule has 8 N–H and O–H groups in total. The number of aromatic amines is 1. The van der Waals surface area contributed by atoms with E-state index in [1.165, 1.54) is 0 Å². The number of rotatable bonds is 15. The molecule has 12 nitrogen and oxygen atoms in total. The smallest absolute Gasteiger partial charge is 0.238 e. The Morgan fingerprint density at radius 1 is 1.00 bits per heavy atom. The van der Waals surface area contributed by atoms with Crippen LogP contribution in [0.2, 0.25) is 0 Å². The molecule has 0 saturated carbocycles. The van der Waals surface area contributed by atoms with E-state index in [4.69, 9.17) is 14.2 Å². The molecule has 1 aromatic carbocycles. The molecule has 1 fully saturated rings. The van der Waals surface area contributed by atoms with Crippen LogP contribution in [-0.2, 0) is 11.2 Å². The molecule has 1 aliphatic rings. The number of aromatic nitrogens is 2. The van der Waals surface area contributed by atoms with E-state index in [0.717, 1.165) is 22.4 Å². The molecule has 1 aliphatic heterocycles. The minimum atomic E-state index is -1.56. The number of ether oxygens (including phenoxy) is 3. The Morgan fingerprint density at radius 3 is 2.30 bits per heavy atom.